The van der Waals surface area contributed by atoms with Crippen molar-refractivity contribution in [1.82, 2.24) is 15.3 Å². The molecule has 7 heteroatoms. The third kappa shape index (κ3) is 4.86. The molecule has 2 rings (SSSR count). The van der Waals surface area contributed by atoms with Crippen molar-refractivity contribution in [2.24, 2.45) is 0 Å². The summed E-state index contributed by atoms with van der Waals surface area (Å²) in [7, 11) is 0. The fourth-order valence-electron chi connectivity index (χ4n) is 1.78. The fraction of sp³-hybridized carbons (Fsp3) is 0.200. The van der Waals surface area contributed by atoms with Gasteiger partial charge in [0.1, 0.15) is 19.0 Å². The van der Waals surface area contributed by atoms with Crippen molar-refractivity contribution in [3.8, 4) is 0 Å². The number of carbonyl (C=O) groups excluding carboxylic acids is 1. The highest BCUT2D eigenvalue weighted by atomic mass is 16.5. The van der Waals surface area contributed by atoms with Gasteiger partial charge in [0.2, 0.25) is 0 Å². The molecule has 1 unspecified atom stereocenters. The summed E-state index contributed by atoms with van der Waals surface area (Å²) in [6.07, 6.45) is 3.64. The summed E-state index contributed by atoms with van der Waals surface area (Å²) >= 11 is 0. The third-order valence-corrected chi connectivity index (χ3v) is 2.86. The van der Waals surface area contributed by atoms with E-state index in [2.05, 4.69) is 15.3 Å². The molecule has 1 aromatic carbocycles. The molecule has 0 spiro atoms. The Morgan fingerprint density at radius 3 is 2.45 bits per heavy atom. The van der Waals surface area contributed by atoms with Crippen LogP contribution in [0.1, 0.15) is 11.1 Å². The van der Waals surface area contributed by atoms with E-state index in [9.17, 15) is 9.59 Å². The zero-order chi connectivity index (χ0) is 15.8. The first-order valence-corrected chi connectivity index (χ1v) is 6.59. The first-order chi connectivity index (χ1) is 10.6. The Kier molecular flexibility index (Phi) is 5.42. The number of ether oxygens (including phenoxy) is 1. The lowest BCUT2D eigenvalue weighted by molar-refractivity contribution is -0.139. The van der Waals surface area contributed by atoms with Crippen LogP contribution in [0.3, 0.4) is 0 Å². The number of carbonyl (C=O) groups is 2. The normalized spacial score (nSPS) is 11.5. The van der Waals surface area contributed by atoms with Gasteiger partial charge in [-0.2, -0.15) is 0 Å². The number of nitrogens with one attached hydrogen (secondary N) is 1. The summed E-state index contributed by atoms with van der Waals surface area (Å²) in [4.78, 5) is 30.5. The van der Waals surface area contributed by atoms with Gasteiger partial charge in [0.15, 0.2) is 0 Å². The Bertz CT molecular complexity index is 619. The largest absolute Gasteiger partial charge is 0.480 e. The first-order valence-electron chi connectivity index (χ1n) is 6.59. The van der Waals surface area contributed by atoms with Crippen LogP contribution in [-0.2, 0) is 22.6 Å². The van der Waals surface area contributed by atoms with E-state index in [4.69, 9.17) is 9.84 Å². The number of hydrogen-bond acceptors (Lipinski definition) is 5. The number of aliphatic carboxylic acids is 1. The highest BCUT2D eigenvalue weighted by Crippen LogP contribution is 2.03. The number of rotatable bonds is 6. The predicted molar refractivity (Wildman–Crippen MR) is 76.9 cm³/mol. The van der Waals surface area contributed by atoms with Crippen LogP contribution >= 0.6 is 0 Å². The second-order valence-electron chi connectivity index (χ2n) is 4.55. The average Bonchev–Trinajstić information content (AvgIpc) is 2.54. The molecule has 0 aliphatic rings. The van der Waals surface area contributed by atoms with E-state index in [0.29, 0.717) is 5.56 Å². The zero-order valence-electron chi connectivity index (χ0n) is 11.7. The fourth-order valence-corrected chi connectivity index (χ4v) is 1.78. The van der Waals surface area contributed by atoms with Gasteiger partial charge in [0.05, 0.1) is 0 Å². The Morgan fingerprint density at radius 1 is 1.14 bits per heavy atom. The highest BCUT2D eigenvalue weighted by Gasteiger charge is 2.21. The van der Waals surface area contributed by atoms with Gasteiger partial charge in [0, 0.05) is 18.8 Å². The van der Waals surface area contributed by atoms with E-state index in [1.54, 1.807) is 0 Å². The third-order valence-electron chi connectivity index (χ3n) is 2.86. The van der Waals surface area contributed by atoms with Crippen LogP contribution in [0.15, 0.2) is 49.1 Å². The van der Waals surface area contributed by atoms with E-state index >= 15 is 0 Å². The molecular formula is C15H15N3O4. The molecule has 0 saturated heterocycles. The SMILES string of the molecule is O=C(NC(Cc1cncnc1)C(=O)O)OCc1ccccc1. The van der Waals surface area contributed by atoms with Crippen LogP contribution in [0.4, 0.5) is 4.79 Å². The van der Waals surface area contributed by atoms with Crippen molar-refractivity contribution < 1.29 is 19.4 Å². The summed E-state index contributed by atoms with van der Waals surface area (Å²) in [5.41, 5.74) is 1.43. The predicted octanol–water partition coefficient (Wildman–Crippen LogP) is 1.40. The first kappa shape index (κ1) is 15.4. The number of hydrogen-bond donors (Lipinski definition) is 2. The van der Waals surface area contributed by atoms with E-state index in [0.717, 1.165) is 5.56 Å². The number of carboxylic acids is 1. The minimum atomic E-state index is -1.15. The van der Waals surface area contributed by atoms with Gasteiger partial charge >= 0.3 is 12.1 Å². The number of carboxylic acid groups (broad SMARTS) is 1. The molecule has 0 aliphatic carbocycles. The molecule has 114 valence electrons. The summed E-state index contributed by atoms with van der Waals surface area (Å²) < 4.78 is 5.00. The number of amides is 1. The zero-order valence-corrected chi connectivity index (χ0v) is 11.7. The number of benzene rings is 1. The van der Waals surface area contributed by atoms with Gasteiger partial charge in [-0.15, -0.1) is 0 Å². The number of alkyl carbamates (subject to hydrolysis) is 1. The minimum Gasteiger partial charge on any atom is -0.480 e. The minimum absolute atomic E-state index is 0.0768. The summed E-state index contributed by atoms with van der Waals surface area (Å²) in [5.74, 6) is -1.15. The van der Waals surface area contributed by atoms with Crippen LogP contribution in [0, 0.1) is 0 Å². The van der Waals surface area contributed by atoms with Crippen LogP contribution in [0.2, 0.25) is 0 Å². The maximum atomic E-state index is 11.7. The van der Waals surface area contributed by atoms with Crippen LogP contribution in [0.25, 0.3) is 0 Å². The van der Waals surface area contributed by atoms with Crippen molar-refractivity contribution in [3.63, 3.8) is 0 Å². The molecule has 1 atom stereocenters. The molecule has 22 heavy (non-hydrogen) atoms. The van der Waals surface area contributed by atoms with Gasteiger partial charge in [0.25, 0.3) is 0 Å². The molecule has 0 bridgehead atoms. The molecule has 1 amide bonds. The summed E-state index contributed by atoms with van der Waals surface area (Å²) in [6, 6.07) is 8.02. The maximum absolute atomic E-state index is 11.7. The lowest BCUT2D eigenvalue weighted by atomic mass is 10.1. The molecule has 7 nitrogen and oxygen atoms in total. The Morgan fingerprint density at radius 2 is 1.82 bits per heavy atom. The van der Waals surface area contributed by atoms with Gasteiger partial charge in [-0.3, -0.25) is 0 Å². The quantitative estimate of drug-likeness (QED) is 0.836. The van der Waals surface area contributed by atoms with Crippen LogP contribution < -0.4 is 5.32 Å². The Hall–Kier alpha value is -2.96. The van der Waals surface area contributed by atoms with E-state index in [1.165, 1.54) is 18.7 Å². The lowest BCUT2D eigenvalue weighted by Crippen LogP contribution is -2.42. The average molecular weight is 301 g/mol. The molecule has 0 fully saturated rings. The van der Waals surface area contributed by atoms with Crippen molar-refractivity contribution in [2.75, 3.05) is 0 Å². The Balaban J connectivity index is 1.88. The summed E-state index contributed by atoms with van der Waals surface area (Å²) in [6.45, 7) is 0.0768. The van der Waals surface area contributed by atoms with E-state index in [1.807, 2.05) is 30.3 Å². The molecule has 1 heterocycles. The molecule has 1 aromatic heterocycles. The van der Waals surface area contributed by atoms with Crippen LogP contribution in [0.5, 0.6) is 0 Å². The number of aromatic nitrogens is 2. The molecule has 2 N–H and O–H groups in total. The monoisotopic (exact) mass is 301 g/mol. The summed E-state index contributed by atoms with van der Waals surface area (Å²) in [5, 5.41) is 11.5. The van der Waals surface area contributed by atoms with E-state index in [-0.39, 0.29) is 13.0 Å². The molecule has 0 aliphatic heterocycles. The van der Waals surface area contributed by atoms with Gasteiger partial charge in [-0.05, 0) is 11.1 Å². The van der Waals surface area contributed by atoms with Crippen molar-refractivity contribution in [3.05, 3.63) is 60.2 Å². The Labute approximate surface area is 127 Å². The lowest BCUT2D eigenvalue weighted by Gasteiger charge is -2.14. The van der Waals surface area contributed by atoms with Gasteiger partial charge in [-0.25, -0.2) is 19.6 Å². The molecule has 2 aromatic rings. The second kappa shape index (κ2) is 7.72. The maximum Gasteiger partial charge on any atom is 0.408 e. The molecule has 0 saturated carbocycles. The molecule has 0 radical (unpaired) electrons. The standard InChI is InChI=1S/C15H15N3O4/c19-14(20)13(6-12-7-16-10-17-8-12)18-15(21)22-9-11-4-2-1-3-5-11/h1-5,7-8,10,13H,6,9H2,(H,18,21)(H,19,20). The molecular weight excluding hydrogens is 286 g/mol. The number of nitrogens with zero attached hydrogens (tertiary/aromatic N) is 2. The highest BCUT2D eigenvalue weighted by molar-refractivity contribution is 5.80. The van der Waals surface area contributed by atoms with Gasteiger partial charge < -0.3 is 15.2 Å². The van der Waals surface area contributed by atoms with Crippen molar-refractivity contribution in [1.29, 1.82) is 0 Å². The smallest absolute Gasteiger partial charge is 0.408 e. The van der Waals surface area contributed by atoms with Gasteiger partial charge in [-0.1, -0.05) is 30.3 Å². The second-order valence-corrected chi connectivity index (χ2v) is 4.55. The van der Waals surface area contributed by atoms with Crippen molar-refractivity contribution >= 4 is 12.1 Å². The topological polar surface area (TPSA) is 101 Å². The van der Waals surface area contributed by atoms with Crippen molar-refractivity contribution in [2.45, 2.75) is 19.1 Å². The van der Waals surface area contributed by atoms with Crippen LogP contribution in [-0.4, -0.2) is 33.2 Å². The van der Waals surface area contributed by atoms with E-state index < -0.39 is 18.1 Å².